The molecule has 2 aliphatic rings. The van der Waals surface area contributed by atoms with E-state index in [0.717, 1.165) is 0 Å². The lowest BCUT2D eigenvalue weighted by Gasteiger charge is -2.42. The Morgan fingerprint density at radius 3 is 2.68 bits per heavy atom. The molecule has 0 saturated carbocycles. The fourth-order valence-corrected chi connectivity index (χ4v) is 4.14. The van der Waals surface area contributed by atoms with Crippen LogP contribution in [0, 0.1) is 0 Å². The number of piperidine rings is 1. The first-order valence-corrected chi connectivity index (χ1v) is 10.1. The van der Waals surface area contributed by atoms with Crippen LogP contribution in [0.3, 0.4) is 0 Å². The van der Waals surface area contributed by atoms with E-state index in [9.17, 15) is 22.8 Å². The van der Waals surface area contributed by atoms with E-state index in [4.69, 9.17) is 4.74 Å². The Labute approximate surface area is 177 Å². The Balaban J connectivity index is 1.77. The van der Waals surface area contributed by atoms with Crippen LogP contribution in [0.1, 0.15) is 37.8 Å². The van der Waals surface area contributed by atoms with Gasteiger partial charge in [-0.2, -0.15) is 13.2 Å². The molecule has 0 spiro atoms. The molecule has 0 radical (unpaired) electrons. The number of hydrogen-bond acceptors (Lipinski definition) is 4. The molecular weight excluding hydrogens is 411 g/mol. The van der Waals surface area contributed by atoms with Crippen molar-refractivity contribution in [1.82, 2.24) is 5.32 Å². The van der Waals surface area contributed by atoms with Crippen LogP contribution in [0.4, 0.5) is 24.5 Å². The number of halogens is 3. The van der Waals surface area contributed by atoms with Crippen molar-refractivity contribution in [3.8, 4) is 11.5 Å². The predicted molar refractivity (Wildman–Crippen MR) is 109 cm³/mol. The van der Waals surface area contributed by atoms with Crippen molar-refractivity contribution >= 4 is 23.2 Å². The van der Waals surface area contributed by atoms with Crippen LogP contribution in [-0.2, 0) is 9.59 Å². The van der Waals surface area contributed by atoms with E-state index in [-0.39, 0.29) is 5.91 Å². The van der Waals surface area contributed by atoms with Gasteiger partial charge in [-0.3, -0.25) is 9.59 Å². The molecule has 2 N–H and O–H groups in total. The highest BCUT2D eigenvalue weighted by Crippen LogP contribution is 2.48. The summed E-state index contributed by atoms with van der Waals surface area (Å²) in [7, 11) is 0. The number of carbonyl (C=O) groups excluding carboxylic acids is 2. The third kappa shape index (κ3) is 4.17. The first-order chi connectivity index (χ1) is 14.8. The molecule has 2 aromatic carbocycles. The van der Waals surface area contributed by atoms with Crippen LogP contribution < -0.4 is 20.3 Å². The minimum atomic E-state index is -4.96. The van der Waals surface area contributed by atoms with Crippen LogP contribution in [0.2, 0.25) is 0 Å². The number of fused-ring (bicyclic) bond motifs is 5. The van der Waals surface area contributed by atoms with Crippen molar-refractivity contribution < 1.29 is 27.5 Å². The van der Waals surface area contributed by atoms with Crippen molar-refractivity contribution in [2.24, 2.45) is 0 Å². The summed E-state index contributed by atoms with van der Waals surface area (Å²) >= 11 is 0. The maximum absolute atomic E-state index is 13.0. The molecule has 2 amide bonds. The summed E-state index contributed by atoms with van der Waals surface area (Å²) in [6.45, 7) is 2.31. The summed E-state index contributed by atoms with van der Waals surface area (Å²) in [5.41, 5.74) is 1.92. The second-order valence-electron chi connectivity index (χ2n) is 7.58. The number of alkyl halides is 3. The second-order valence-corrected chi connectivity index (χ2v) is 7.58. The standard InChI is InChI=1S/C22H22F3N3O3/c1-2-19(29)26-13-9-10-18-16(12-13)28-11-5-7-15(27-21(30)22(23,24)25)20(28)14-6-3-4-8-17(14)31-18/h3-4,6,8-10,12,15,20H,2,5,7,11H2,1H3,(H,26,29)(H,27,30)/t15-,20+/m1/s1. The largest absolute Gasteiger partial charge is 0.471 e. The highest BCUT2D eigenvalue weighted by Gasteiger charge is 2.44. The Morgan fingerprint density at radius 2 is 1.94 bits per heavy atom. The Bertz CT molecular complexity index is 1010. The Kier molecular flexibility index (Phi) is 5.51. The number of ether oxygens (including phenoxy) is 1. The van der Waals surface area contributed by atoms with Gasteiger partial charge < -0.3 is 20.3 Å². The fourth-order valence-electron chi connectivity index (χ4n) is 4.14. The van der Waals surface area contributed by atoms with Crippen molar-refractivity contribution in [3.05, 3.63) is 48.0 Å². The highest BCUT2D eigenvalue weighted by molar-refractivity contribution is 5.91. The van der Waals surface area contributed by atoms with Crippen molar-refractivity contribution in [3.63, 3.8) is 0 Å². The third-order valence-corrected chi connectivity index (χ3v) is 5.54. The van der Waals surface area contributed by atoms with Gasteiger partial charge in [0.1, 0.15) is 5.75 Å². The number of para-hydroxylation sites is 1. The van der Waals surface area contributed by atoms with Crippen LogP contribution in [-0.4, -0.2) is 30.6 Å². The summed E-state index contributed by atoms with van der Waals surface area (Å²) < 4.78 is 45.0. The van der Waals surface area contributed by atoms with Gasteiger partial charge >= 0.3 is 12.1 Å². The zero-order valence-corrected chi connectivity index (χ0v) is 16.8. The van der Waals surface area contributed by atoms with Gasteiger partial charge in [-0.05, 0) is 37.1 Å². The minimum Gasteiger partial charge on any atom is -0.455 e. The van der Waals surface area contributed by atoms with Gasteiger partial charge in [0.15, 0.2) is 5.75 Å². The van der Waals surface area contributed by atoms with Gasteiger partial charge in [0, 0.05) is 24.2 Å². The Morgan fingerprint density at radius 1 is 1.16 bits per heavy atom. The molecule has 2 aromatic rings. The summed E-state index contributed by atoms with van der Waals surface area (Å²) in [5.74, 6) is -1.04. The van der Waals surface area contributed by atoms with Gasteiger partial charge in [-0.25, -0.2) is 0 Å². The van der Waals surface area contributed by atoms with E-state index in [2.05, 4.69) is 10.6 Å². The van der Waals surface area contributed by atoms with Crippen LogP contribution in [0.15, 0.2) is 42.5 Å². The number of carbonyl (C=O) groups is 2. The van der Waals surface area contributed by atoms with E-state index in [1.54, 1.807) is 49.4 Å². The molecule has 1 fully saturated rings. The smallest absolute Gasteiger partial charge is 0.455 e. The molecule has 2 aliphatic heterocycles. The highest BCUT2D eigenvalue weighted by atomic mass is 19.4. The SMILES string of the molecule is CCC(=O)Nc1ccc2c(c1)N1CCC[C@@H](NC(=O)C(F)(F)F)[C@@H]1c1ccccc1O2. The van der Waals surface area contributed by atoms with E-state index < -0.39 is 24.2 Å². The molecule has 6 nitrogen and oxygen atoms in total. The van der Waals surface area contributed by atoms with Crippen molar-refractivity contribution in [1.29, 1.82) is 0 Å². The first kappa shape index (κ1) is 21.0. The number of benzene rings is 2. The van der Waals surface area contributed by atoms with E-state index in [1.165, 1.54) is 0 Å². The lowest BCUT2D eigenvalue weighted by Crippen LogP contribution is -2.52. The molecule has 0 bridgehead atoms. The maximum Gasteiger partial charge on any atom is 0.471 e. The molecule has 1 saturated heterocycles. The monoisotopic (exact) mass is 433 g/mol. The minimum absolute atomic E-state index is 0.150. The molecule has 4 rings (SSSR count). The number of nitrogens with zero attached hydrogens (tertiary/aromatic N) is 1. The normalized spacial score (nSPS) is 19.8. The van der Waals surface area contributed by atoms with E-state index in [1.807, 2.05) is 4.90 Å². The molecule has 2 atom stereocenters. The summed E-state index contributed by atoms with van der Waals surface area (Å²) in [4.78, 5) is 25.5. The van der Waals surface area contributed by atoms with Gasteiger partial charge in [0.25, 0.3) is 0 Å². The number of amides is 2. The zero-order valence-electron chi connectivity index (χ0n) is 16.8. The molecule has 2 heterocycles. The lowest BCUT2D eigenvalue weighted by atomic mass is 9.89. The quantitative estimate of drug-likeness (QED) is 0.746. The molecule has 164 valence electrons. The number of anilines is 2. The summed E-state index contributed by atoms with van der Waals surface area (Å²) in [5, 5.41) is 4.99. The molecule has 0 aliphatic carbocycles. The maximum atomic E-state index is 13.0. The summed E-state index contributed by atoms with van der Waals surface area (Å²) in [6, 6.07) is 11.1. The number of rotatable bonds is 3. The Hall–Kier alpha value is -3.23. The predicted octanol–water partition coefficient (Wildman–Crippen LogP) is 4.53. The van der Waals surface area contributed by atoms with Crippen molar-refractivity contribution in [2.75, 3.05) is 16.8 Å². The van der Waals surface area contributed by atoms with Gasteiger partial charge in [0.05, 0.1) is 17.8 Å². The molecular formula is C22H22F3N3O3. The first-order valence-electron chi connectivity index (χ1n) is 10.1. The van der Waals surface area contributed by atoms with E-state index >= 15 is 0 Å². The van der Waals surface area contributed by atoms with Gasteiger partial charge in [-0.1, -0.05) is 25.1 Å². The van der Waals surface area contributed by atoms with Crippen molar-refractivity contribution in [2.45, 2.75) is 44.4 Å². The fraction of sp³-hybridized carbons (Fsp3) is 0.364. The number of nitrogens with one attached hydrogen (secondary N) is 2. The molecule has 0 aromatic heterocycles. The van der Waals surface area contributed by atoms with Gasteiger partial charge in [0.2, 0.25) is 5.91 Å². The van der Waals surface area contributed by atoms with E-state index in [0.29, 0.717) is 54.2 Å². The summed E-state index contributed by atoms with van der Waals surface area (Å²) in [6.07, 6.45) is -3.65. The third-order valence-electron chi connectivity index (χ3n) is 5.54. The topological polar surface area (TPSA) is 70.7 Å². The van der Waals surface area contributed by atoms with Gasteiger partial charge in [-0.15, -0.1) is 0 Å². The van der Waals surface area contributed by atoms with Crippen LogP contribution in [0.5, 0.6) is 11.5 Å². The average Bonchev–Trinajstić information content (AvgIpc) is 2.88. The lowest BCUT2D eigenvalue weighted by molar-refractivity contribution is -0.174. The number of hydrogen-bond donors (Lipinski definition) is 2. The average molecular weight is 433 g/mol. The molecule has 0 unspecified atom stereocenters. The molecule has 9 heteroatoms. The van der Waals surface area contributed by atoms with Crippen LogP contribution in [0.25, 0.3) is 0 Å². The second kappa shape index (κ2) is 8.13. The van der Waals surface area contributed by atoms with Crippen LogP contribution >= 0.6 is 0 Å². The molecule has 31 heavy (non-hydrogen) atoms. The zero-order chi connectivity index (χ0) is 22.2.